The van der Waals surface area contributed by atoms with Gasteiger partial charge in [-0.25, -0.2) is 4.79 Å². The zero-order valence-electron chi connectivity index (χ0n) is 20.9. The Kier molecular flexibility index (Phi) is 18.1. The van der Waals surface area contributed by atoms with Gasteiger partial charge in [-0.15, -0.1) is 0 Å². The predicted molar refractivity (Wildman–Crippen MR) is 116 cm³/mol. The molecular weight excluding hydrogens is 424 g/mol. The molecule has 0 fully saturated rings. The zero-order valence-corrected chi connectivity index (χ0v) is 20.9. The average Bonchev–Trinajstić information content (AvgIpc) is 2.67. The summed E-state index contributed by atoms with van der Waals surface area (Å²) in [7, 11) is 0. The first-order valence-corrected chi connectivity index (χ1v) is 11.5. The number of carbonyl (C=O) groups is 1. The van der Waals surface area contributed by atoms with Gasteiger partial charge in [0.2, 0.25) is 0 Å². The molecule has 0 spiro atoms. The molecular formula is C22H44O10. The van der Waals surface area contributed by atoms with Crippen molar-refractivity contribution in [1.82, 2.24) is 0 Å². The van der Waals surface area contributed by atoms with Crippen LogP contribution in [0, 0.1) is 0 Å². The lowest BCUT2D eigenvalue weighted by molar-refractivity contribution is -0.338. The second kappa shape index (κ2) is 18.6. The molecule has 0 aliphatic rings. The molecule has 0 aromatic heterocycles. The fraction of sp³-hybridized carbons (Fsp3) is 0.955. The summed E-state index contributed by atoms with van der Waals surface area (Å²) >= 11 is 0. The Hall–Kier alpha value is -0.850. The van der Waals surface area contributed by atoms with Gasteiger partial charge < -0.3 is 43.0 Å². The van der Waals surface area contributed by atoms with Crippen molar-refractivity contribution in [3.63, 3.8) is 0 Å². The fourth-order valence-corrected chi connectivity index (χ4v) is 2.57. The highest BCUT2D eigenvalue weighted by Gasteiger charge is 2.27. The van der Waals surface area contributed by atoms with Crippen LogP contribution in [0.25, 0.3) is 0 Å². The predicted octanol–water partition coefficient (Wildman–Crippen LogP) is 4.21. The van der Waals surface area contributed by atoms with Crippen LogP contribution in [0.2, 0.25) is 0 Å². The Bertz CT molecular complexity index is 430. The minimum Gasteiger partial charge on any atom is -0.477 e. The molecule has 0 aromatic carbocycles. The molecule has 0 aromatic rings. The molecule has 6 atom stereocenters. The SMILES string of the molecule is CCCCOC(C)OC(C)OC(C)OC(OC(C)OC(C)OC(C)OCCCC)C(=O)O. The van der Waals surface area contributed by atoms with Gasteiger partial charge in [0, 0.05) is 13.2 Å². The molecule has 0 aliphatic heterocycles. The summed E-state index contributed by atoms with van der Waals surface area (Å²) in [5.74, 6) is -1.31. The maximum Gasteiger partial charge on any atom is 0.361 e. The second-order valence-electron chi connectivity index (χ2n) is 7.34. The van der Waals surface area contributed by atoms with Crippen molar-refractivity contribution in [3.8, 4) is 0 Å². The molecule has 0 radical (unpaired) electrons. The summed E-state index contributed by atoms with van der Waals surface area (Å²) in [6, 6.07) is 0. The Morgan fingerprint density at radius 1 is 0.594 bits per heavy atom. The van der Waals surface area contributed by atoms with E-state index in [9.17, 15) is 9.90 Å². The molecule has 0 saturated carbocycles. The van der Waals surface area contributed by atoms with Crippen molar-refractivity contribution in [1.29, 1.82) is 0 Å². The van der Waals surface area contributed by atoms with Gasteiger partial charge in [0.15, 0.2) is 37.7 Å². The number of hydrogen-bond acceptors (Lipinski definition) is 9. The number of hydrogen-bond donors (Lipinski definition) is 1. The summed E-state index contributed by atoms with van der Waals surface area (Å²) in [5, 5.41) is 9.41. The van der Waals surface area contributed by atoms with E-state index in [1.165, 1.54) is 0 Å². The van der Waals surface area contributed by atoms with E-state index in [-0.39, 0.29) is 0 Å². The summed E-state index contributed by atoms with van der Waals surface area (Å²) in [4.78, 5) is 11.5. The lowest BCUT2D eigenvalue weighted by Gasteiger charge is -2.27. The maximum atomic E-state index is 11.5. The third-order valence-corrected chi connectivity index (χ3v) is 4.07. The normalized spacial score (nSPS) is 18.5. The molecule has 192 valence electrons. The first kappa shape index (κ1) is 31.1. The van der Waals surface area contributed by atoms with E-state index in [1.807, 2.05) is 0 Å². The van der Waals surface area contributed by atoms with E-state index in [4.69, 9.17) is 37.9 Å². The lowest BCUT2D eigenvalue weighted by Crippen LogP contribution is -2.38. The number of carboxylic acids is 1. The van der Waals surface area contributed by atoms with Crippen LogP contribution in [0.15, 0.2) is 0 Å². The van der Waals surface area contributed by atoms with Crippen LogP contribution in [-0.4, -0.2) is 68.3 Å². The topological polar surface area (TPSA) is 111 Å². The molecule has 0 heterocycles. The largest absolute Gasteiger partial charge is 0.477 e. The van der Waals surface area contributed by atoms with Gasteiger partial charge in [0.05, 0.1) is 0 Å². The Balaban J connectivity index is 4.39. The number of rotatable bonds is 21. The molecule has 0 rings (SSSR count). The maximum absolute atomic E-state index is 11.5. The summed E-state index contributed by atoms with van der Waals surface area (Å²) in [6.45, 7) is 15.3. The number of aliphatic carboxylic acids is 1. The van der Waals surface area contributed by atoms with Gasteiger partial charge in [0.1, 0.15) is 0 Å². The van der Waals surface area contributed by atoms with Gasteiger partial charge in [-0.1, -0.05) is 26.7 Å². The van der Waals surface area contributed by atoms with E-state index in [0.717, 1.165) is 25.7 Å². The summed E-state index contributed by atoms with van der Waals surface area (Å²) in [5.41, 5.74) is 0. The number of ether oxygens (including phenoxy) is 8. The van der Waals surface area contributed by atoms with Crippen molar-refractivity contribution in [2.45, 2.75) is 125 Å². The molecule has 0 bridgehead atoms. The van der Waals surface area contributed by atoms with Gasteiger partial charge in [-0.2, -0.15) is 0 Å². The van der Waals surface area contributed by atoms with E-state index < -0.39 is 50.0 Å². The molecule has 10 nitrogen and oxygen atoms in total. The minimum absolute atomic E-state index is 0.460. The molecule has 0 saturated heterocycles. The first-order valence-electron chi connectivity index (χ1n) is 11.5. The van der Waals surface area contributed by atoms with Gasteiger partial charge in [-0.3, -0.25) is 0 Å². The second-order valence-corrected chi connectivity index (χ2v) is 7.34. The van der Waals surface area contributed by atoms with Crippen LogP contribution in [-0.2, 0) is 42.7 Å². The van der Waals surface area contributed by atoms with Crippen molar-refractivity contribution >= 4 is 5.97 Å². The highest BCUT2D eigenvalue weighted by Crippen LogP contribution is 2.13. The van der Waals surface area contributed by atoms with E-state index in [2.05, 4.69) is 13.8 Å². The van der Waals surface area contributed by atoms with Gasteiger partial charge in [0.25, 0.3) is 6.29 Å². The van der Waals surface area contributed by atoms with Gasteiger partial charge in [-0.05, 0) is 54.4 Å². The van der Waals surface area contributed by atoms with E-state index in [0.29, 0.717) is 13.2 Å². The van der Waals surface area contributed by atoms with Crippen LogP contribution in [0.1, 0.15) is 81.1 Å². The third-order valence-electron chi connectivity index (χ3n) is 4.07. The van der Waals surface area contributed by atoms with Gasteiger partial charge >= 0.3 is 5.97 Å². The van der Waals surface area contributed by atoms with Crippen LogP contribution in [0.5, 0.6) is 0 Å². The van der Waals surface area contributed by atoms with Crippen molar-refractivity contribution < 1.29 is 47.8 Å². The summed E-state index contributed by atoms with van der Waals surface area (Å²) in [6.07, 6.45) is -1.77. The number of unbranched alkanes of at least 4 members (excludes halogenated alkanes) is 2. The molecule has 32 heavy (non-hydrogen) atoms. The average molecular weight is 469 g/mol. The minimum atomic E-state index is -1.60. The molecule has 0 aliphatic carbocycles. The standard InChI is InChI=1S/C22H44O10/c1-9-11-13-25-15(3)27-17(5)29-19(7)31-22(21(23)24)32-20(8)30-18(6)28-16(4)26-14-12-10-2/h15-20,22H,9-14H2,1-8H3,(H,23,24). The van der Waals surface area contributed by atoms with E-state index >= 15 is 0 Å². The Morgan fingerprint density at radius 3 is 1.22 bits per heavy atom. The zero-order chi connectivity index (χ0) is 24.5. The van der Waals surface area contributed by atoms with Crippen LogP contribution < -0.4 is 0 Å². The van der Waals surface area contributed by atoms with Crippen LogP contribution in [0.3, 0.4) is 0 Å². The van der Waals surface area contributed by atoms with E-state index in [1.54, 1.807) is 41.5 Å². The molecule has 10 heteroatoms. The Labute approximate surface area is 192 Å². The van der Waals surface area contributed by atoms with Crippen LogP contribution >= 0.6 is 0 Å². The fourth-order valence-electron chi connectivity index (χ4n) is 2.57. The van der Waals surface area contributed by atoms with Crippen LogP contribution in [0.4, 0.5) is 0 Å². The summed E-state index contributed by atoms with van der Waals surface area (Å²) < 4.78 is 43.8. The van der Waals surface area contributed by atoms with Crippen molar-refractivity contribution in [2.75, 3.05) is 13.2 Å². The van der Waals surface area contributed by atoms with Crippen molar-refractivity contribution in [2.24, 2.45) is 0 Å². The molecule has 0 amide bonds. The monoisotopic (exact) mass is 468 g/mol. The Morgan fingerprint density at radius 2 is 0.906 bits per heavy atom. The molecule has 1 N–H and O–H groups in total. The first-order chi connectivity index (χ1) is 15.1. The molecule has 6 unspecified atom stereocenters. The lowest BCUT2D eigenvalue weighted by atomic mass is 10.4. The third kappa shape index (κ3) is 16.7. The highest BCUT2D eigenvalue weighted by atomic mass is 16.9. The quantitative estimate of drug-likeness (QED) is 0.194. The smallest absolute Gasteiger partial charge is 0.361 e. The highest BCUT2D eigenvalue weighted by molar-refractivity contribution is 5.70. The number of carboxylic acid groups (broad SMARTS) is 1. The van der Waals surface area contributed by atoms with Crippen molar-refractivity contribution in [3.05, 3.63) is 0 Å².